The Morgan fingerprint density at radius 2 is 1.93 bits per heavy atom. The molecule has 0 bridgehead atoms. The van der Waals surface area contributed by atoms with E-state index in [2.05, 4.69) is 4.98 Å². The lowest BCUT2D eigenvalue weighted by atomic mass is 10.1. The quantitative estimate of drug-likeness (QED) is 0.596. The van der Waals surface area contributed by atoms with Crippen LogP contribution in [0.4, 0.5) is 17.6 Å². The Labute approximate surface area is 159 Å². The SMILES string of the molecule is Cc1c(F)c(-n2c(=O)cc(C(F)(F)F)n(C)c2=O)c2oc(C3CC3)nc2c1Cl. The van der Waals surface area contributed by atoms with Gasteiger partial charge in [0.25, 0.3) is 5.56 Å². The van der Waals surface area contributed by atoms with Gasteiger partial charge in [0, 0.05) is 24.6 Å². The minimum atomic E-state index is -4.93. The van der Waals surface area contributed by atoms with E-state index in [0.717, 1.165) is 19.9 Å². The Bertz CT molecular complexity index is 1250. The van der Waals surface area contributed by atoms with Crippen LogP contribution in [0.25, 0.3) is 16.8 Å². The molecular formula is C17H12ClF4N3O3. The summed E-state index contributed by atoms with van der Waals surface area (Å²) in [4.78, 5) is 29.2. The number of alkyl halides is 3. The van der Waals surface area contributed by atoms with Gasteiger partial charge in [0.05, 0.1) is 5.02 Å². The third-order valence-electron chi connectivity index (χ3n) is 4.69. The lowest BCUT2D eigenvalue weighted by molar-refractivity contribution is -0.144. The summed E-state index contributed by atoms with van der Waals surface area (Å²) in [6.07, 6.45) is -3.31. The van der Waals surface area contributed by atoms with E-state index in [0.29, 0.717) is 4.57 Å². The highest BCUT2D eigenvalue weighted by Gasteiger charge is 2.36. The van der Waals surface area contributed by atoms with Gasteiger partial charge in [0.2, 0.25) is 0 Å². The van der Waals surface area contributed by atoms with Crippen LogP contribution in [0.2, 0.25) is 5.02 Å². The Morgan fingerprint density at radius 3 is 2.50 bits per heavy atom. The van der Waals surface area contributed by atoms with E-state index >= 15 is 4.39 Å². The second-order valence-electron chi connectivity index (χ2n) is 6.65. The number of benzene rings is 1. The first-order chi connectivity index (χ1) is 13.0. The highest BCUT2D eigenvalue weighted by molar-refractivity contribution is 6.36. The molecule has 0 atom stereocenters. The van der Waals surface area contributed by atoms with E-state index in [1.807, 2.05) is 0 Å². The molecule has 6 nitrogen and oxygen atoms in total. The van der Waals surface area contributed by atoms with Crippen molar-refractivity contribution in [2.75, 3.05) is 0 Å². The van der Waals surface area contributed by atoms with Crippen LogP contribution in [-0.4, -0.2) is 14.1 Å². The Hall–Kier alpha value is -2.62. The molecule has 2 heterocycles. The van der Waals surface area contributed by atoms with Gasteiger partial charge in [-0.2, -0.15) is 13.2 Å². The predicted molar refractivity (Wildman–Crippen MR) is 91.5 cm³/mol. The molecule has 1 saturated carbocycles. The van der Waals surface area contributed by atoms with Crippen molar-refractivity contribution in [1.29, 1.82) is 0 Å². The maximum Gasteiger partial charge on any atom is 0.431 e. The van der Waals surface area contributed by atoms with Crippen molar-refractivity contribution in [1.82, 2.24) is 14.1 Å². The smallest absolute Gasteiger partial charge is 0.431 e. The van der Waals surface area contributed by atoms with Crippen LogP contribution in [-0.2, 0) is 13.2 Å². The highest BCUT2D eigenvalue weighted by Crippen LogP contribution is 2.43. The minimum absolute atomic E-state index is 0.0202. The van der Waals surface area contributed by atoms with Crippen molar-refractivity contribution in [2.45, 2.75) is 31.9 Å². The summed E-state index contributed by atoms with van der Waals surface area (Å²) in [6, 6.07) is 0.231. The molecule has 1 aliphatic carbocycles. The first-order valence-electron chi connectivity index (χ1n) is 8.21. The normalized spacial score (nSPS) is 14.8. The van der Waals surface area contributed by atoms with E-state index in [4.69, 9.17) is 16.0 Å². The van der Waals surface area contributed by atoms with E-state index in [9.17, 15) is 22.8 Å². The maximum atomic E-state index is 15.0. The van der Waals surface area contributed by atoms with Crippen molar-refractivity contribution in [3.8, 4) is 5.69 Å². The Kier molecular flexibility index (Phi) is 3.97. The van der Waals surface area contributed by atoms with Gasteiger partial charge in [0.1, 0.15) is 16.9 Å². The molecular weight excluding hydrogens is 406 g/mol. The average molecular weight is 418 g/mol. The first-order valence-corrected chi connectivity index (χ1v) is 8.58. The third kappa shape index (κ3) is 2.66. The summed E-state index contributed by atoms with van der Waals surface area (Å²) < 4.78 is 60.3. The summed E-state index contributed by atoms with van der Waals surface area (Å²) in [6.45, 7) is 1.31. The van der Waals surface area contributed by atoms with Gasteiger partial charge < -0.3 is 4.42 Å². The van der Waals surface area contributed by atoms with E-state index < -0.39 is 34.6 Å². The summed E-state index contributed by atoms with van der Waals surface area (Å²) in [5, 5.41) is -0.0521. The van der Waals surface area contributed by atoms with Crippen molar-refractivity contribution in [2.24, 2.45) is 7.05 Å². The lowest BCUT2D eigenvalue weighted by Gasteiger charge is -2.15. The zero-order valence-electron chi connectivity index (χ0n) is 14.5. The summed E-state index contributed by atoms with van der Waals surface area (Å²) in [7, 11) is 0.842. The second kappa shape index (κ2) is 5.94. The van der Waals surface area contributed by atoms with E-state index in [1.54, 1.807) is 0 Å². The summed E-state index contributed by atoms with van der Waals surface area (Å²) >= 11 is 6.14. The van der Waals surface area contributed by atoms with E-state index in [1.165, 1.54) is 6.92 Å². The summed E-state index contributed by atoms with van der Waals surface area (Å²) in [5.41, 5.74) is -5.07. The maximum absolute atomic E-state index is 15.0. The van der Waals surface area contributed by atoms with Crippen LogP contribution >= 0.6 is 11.6 Å². The second-order valence-corrected chi connectivity index (χ2v) is 7.03. The third-order valence-corrected chi connectivity index (χ3v) is 5.16. The number of aromatic nitrogens is 3. The Balaban J connectivity index is 2.12. The zero-order valence-corrected chi connectivity index (χ0v) is 15.3. The van der Waals surface area contributed by atoms with Crippen molar-refractivity contribution in [3.05, 3.63) is 54.9 Å². The Morgan fingerprint density at radius 1 is 1.29 bits per heavy atom. The molecule has 0 N–H and O–H groups in total. The number of halogens is 5. The molecule has 4 rings (SSSR count). The zero-order chi connectivity index (χ0) is 20.5. The molecule has 2 aromatic heterocycles. The lowest BCUT2D eigenvalue weighted by Crippen LogP contribution is -2.41. The molecule has 28 heavy (non-hydrogen) atoms. The standard InChI is InChI=1S/C17H12ClF4N3O3/c1-6-10(18)12-14(28-15(23-12)7-3-4-7)13(11(6)19)25-9(26)5-8(17(20,21)22)24(2)16(25)27/h5,7H,3-4H2,1-2H3. The van der Waals surface area contributed by atoms with Crippen LogP contribution in [0.5, 0.6) is 0 Å². The summed E-state index contributed by atoms with van der Waals surface area (Å²) in [5.74, 6) is -0.748. The van der Waals surface area contributed by atoms with Gasteiger partial charge in [-0.05, 0) is 19.8 Å². The highest BCUT2D eigenvalue weighted by atomic mass is 35.5. The fraction of sp³-hybridized carbons (Fsp3) is 0.353. The van der Waals surface area contributed by atoms with Crippen LogP contribution < -0.4 is 11.2 Å². The number of oxazole rings is 1. The molecule has 0 spiro atoms. The number of fused-ring (bicyclic) bond motifs is 1. The minimum Gasteiger partial charge on any atom is -0.438 e. The van der Waals surface area contributed by atoms with Crippen LogP contribution in [0.1, 0.15) is 35.9 Å². The largest absolute Gasteiger partial charge is 0.438 e. The number of nitrogens with zero attached hydrogens (tertiary/aromatic N) is 3. The molecule has 0 radical (unpaired) electrons. The number of hydrogen-bond acceptors (Lipinski definition) is 4. The fourth-order valence-electron chi connectivity index (χ4n) is 3.01. The molecule has 11 heteroatoms. The molecule has 0 unspecified atom stereocenters. The molecule has 0 saturated heterocycles. The van der Waals surface area contributed by atoms with Crippen LogP contribution in [0.15, 0.2) is 20.1 Å². The van der Waals surface area contributed by atoms with Crippen LogP contribution in [0, 0.1) is 12.7 Å². The van der Waals surface area contributed by atoms with Crippen molar-refractivity contribution < 1.29 is 22.0 Å². The van der Waals surface area contributed by atoms with E-state index in [-0.39, 0.29) is 44.1 Å². The van der Waals surface area contributed by atoms with Gasteiger partial charge in [-0.15, -0.1) is 0 Å². The molecule has 1 aromatic carbocycles. The molecule has 1 fully saturated rings. The monoisotopic (exact) mass is 417 g/mol. The van der Waals surface area contributed by atoms with Gasteiger partial charge in [0.15, 0.2) is 17.3 Å². The van der Waals surface area contributed by atoms with Gasteiger partial charge in [-0.3, -0.25) is 9.36 Å². The van der Waals surface area contributed by atoms with Gasteiger partial charge in [-0.1, -0.05) is 11.6 Å². The van der Waals surface area contributed by atoms with Crippen LogP contribution in [0.3, 0.4) is 0 Å². The fourth-order valence-corrected chi connectivity index (χ4v) is 3.22. The number of rotatable bonds is 2. The van der Waals surface area contributed by atoms with Gasteiger partial charge >= 0.3 is 11.9 Å². The molecule has 0 aliphatic heterocycles. The van der Waals surface area contributed by atoms with Crippen molar-refractivity contribution in [3.63, 3.8) is 0 Å². The molecule has 148 valence electrons. The first kappa shape index (κ1) is 18.7. The molecule has 3 aromatic rings. The molecule has 1 aliphatic rings. The average Bonchev–Trinajstić information content (AvgIpc) is 3.37. The molecule has 0 amide bonds. The van der Waals surface area contributed by atoms with Crippen molar-refractivity contribution >= 4 is 22.7 Å². The number of hydrogen-bond donors (Lipinski definition) is 0. The van der Waals surface area contributed by atoms with Gasteiger partial charge in [-0.25, -0.2) is 18.7 Å². The predicted octanol–water partition coefficient (Wildman–Crippen LogP) is 3.67. The topological polar surface area (TPSA) is 70.0 Å².